The standard InChI is InChI=1S/C44H55N3O4/c1-6-9-27-46-35-25-26-36(47-28-10-7-2)39-38(35)30(5)41(50-43(48)31-20-13-11-14-21-31)42(51-44(49)32-22-15-12-16-23-32)40(39)37-29(4)19-17-24-33(37)34(45)18-8-3/h11-17,19-26,30,34,40-42,46-47H,6-10,18,27-28,45H2,1-5H3/t30-,34?,40?,41?,42?/m0/s1. The fourth-order valence-electron chi connectivity index (χ4n) is 7.44. The number of ether oxygens (including phenoxy) is 2. The molecule has 7 heteroatoms. The van der Waals surface area contributed by atoms with Gasteiger partial charge in [-0.05, 0) is 90.4 Å². The van der Waals surface area contributed by atoms with E-state index in [1.165, 1.54) is 0 Å². The number of rotatable bonds is 16. The molecule has 0 bridgehead atoms. The minimum Gasteiger partial charge on any atom is -0.454 e. The number of nitrogens with one attached hydrogen (secondary N) is 2. The molecule has 0 spiro atoms. The van der Waals surface area contributed by atoms with Gasteiger partial charge in [-0.2, -0.15) is 0 Å². The van der Waals surface area contributed by atoms with Crippen molar-refractivity contribution >= 4 is 23.3 Å². The summed E-state index contributed by atoms with van der Waals surface area (Å²) in [6.45, 7) is 12.3. The van der Waals surface area contributed by atoms with Crippen LogP contribution in [0.2, 0.25) is 0 Å². The highest BCUT2D eigenvalue weighted by Gasteiger charge is 2.49. The molecule has 51 heavy (non-hydrogen) atoms. The minimum absolute atomic E-state index is 0.231. The van der Waals surface area contributed by atoms with Gasteiger partial charge in [0.25, 0.3) is 0 Å². The highest BCUT2D eigenvalue weighted by atomic mass is 16.6. The van der Waals surface area contributed by atoms with E-state index in [0.29, 0.717) is 11.1 Å². The average Bonchev–Trinajstić information content (AvgIpc) is 3.15. The summed E-state index contributed by atoms with van der Waals surface area (Å²) in [6, 6.07) is 28.4. The Hall–Kier alpha value is -4.62. The number of esters is 2. The van der Waals surface area contributed by atoms with E-state index in [0.717, 1.165) is 90.8 Å². The molecule has 4 N–H and O–H groups in total. The lowest BCUT2D eigenvalue weighted by Crippen LogP contribution is -2.47. The molecule has 0 saturated heterocycles. The number of aryl methyl sites for hydroxylation is 1. The third kappa shape index (κ3) is 8.65. The second-order valence-corrected chi connectivity index (χ2v) is 13.8. The van der Waals surface area contributed by atoms with Crippen molar-refractivity contribution in [3.63, 3.8) is 0 Å². The molecule has 4 aromatic rings. The zero-order valence-corrected chi connectivity index (χ0v) is 30.9. The third-order valence-corrected chi connectivity index (χ3v) is 10.1. The fraction of sp³-hybridized carbons (Fsp3) is 0.409. The van der Waals surface area contributed by atoms with E-state index in [1.54, 1.807) is 24.3 Å². The van der Waals surface area contributed by atoms with E-state index in [4.69, 9.17) is 15.2 Å². The molecule has 1 aliphatic rings. The van der Waals surface area contributed by atoms with Crippen molar-refractivity contribution in [2.24, 2.45) is 5.73 Å². The number of unbranched alkanes of at least 4 members (excludes halogenated alkanes) is 2. The van der Waals surface area contributed by atoms with Crippen LogP contribution in [0.1, 0.15) is 133 Å². The predicted molar refractivity (Wildman–Crippen MR) is 208 cm³/mol. The highest BCUT2D eigenvalue weighted by molar-refractivity contribution is 5.91. The molecule has 0 aliphatic heterocycles. The first kappa shape index (κ1) is 37.6. The molecule has 0 heterocycles. The second-order valence-electron chi connectivity index (χ2n) is 13.8. The zero-order chi connectivity index (χ0) is 36.3. The molecule has 4 unspecified atom stereocenters. The van der Waals surface area contributed by atoms with Crippen molar-refractivity contribution < 1.29 is 19.1 Å². The number of hydrogen-bond acceptors (Lipinski definition) is 7. The highest BCUT2D eigenvalue weighted by Crippen LogP contribution is 2.52. The number of carbonyl (C=O) groups excluding carboxylic acids is 2. The van der Waals surface area contributed by atoms with Crippen LogP contribution in [0.25, 0.3) is 0 Å². The van der Waals surface area contributed by atoms with Crippen LogP contribution in [-0.2, 0) is 9.47 Å². The second kappa shape index (κ2) is 18.0. The third-order valence-electron chi connectivity index (χ3n) is 10.1. The summed E-state index contributed by atoms with van der Waals surface area (Å²) < 4.78 is 13.2. The quantitative estimate of drug-likeness (QED) is 0.0795. The van der Waals surface area contributed by atoms with Crippen molar-refractivity contribution in [3.05, 3.63) is 130 Å². The van der Waals surface area contributed by atoms with Crippen LogP contribution in [0.5, 0.6) is 0 Å². The number of anilines is 2. The maximum atomic E-state index is 14.1. The normalized spacial score (nSPS) is 18.7. The van der Waals surface area contributed by atoms with Crippen molar-refractivity contribution in [3.8, 4) is 0 Å². The molecule has 0 aromatic heterocycles. The van der Waals surface area contributed by atoms with Gasteiger partial charge in [-0.3, -0.25) is 0 Å². The minimum atomic E-state index is -0.862. The van der Waals surface area contributed by atoms with Crippen molar-refractivity contribution in [2.75, 3.05) is 23.7 Å². The van der Waals surface area contributed by atoms with Gasteiger partial charge >= 0.3 is 11.9 Å². The van der Waals surface area contributed by atoms with Gasteiger partial charge in [-0.15, -0.1) is 0 Å². The molecule has 5 rings (SSSR count). The molecule has 0 amide bonds. The largest absolute Gasteiger partial charge is 0.454 e. The summed E-state index contributed by atoms with van der Waals surface area (Å²) >= 11 is 0. The summed E-state index contributed by atoms with van der Waals surface area (Å²) in [5, 5.41) is 7.49. The fourth-order valence-corrected chi connectivity index (χ4v) is 7.44. The van der Waals surface area contributed by atoms with E-state index in [-0.39, 0.29) is 12.0 Å². The van der Waals surface area contributed by atoms with Gasteiger partial charge < -0.3 is 25.8 Å². The smallest absolute Gasteiger partial charge is 0.338 e. The van der Waals surface area contributed by atoms with Gasteiger partial charge in [0, 0.05) is 36.4 Å². The van der Waals surface area contributed by atoms with Crippen molar-refractivity contribution in [1.29, 1.82) is 0 Å². The van der Waals surface area contributed by atoms with Crippen molar-refractivity contribution in [2.45, 2.75) is 103 Å². The summed E-state index contributed by atoms with van der Waals surface area (Å²) in [6.07, 6.45) is 4.18. The molecule has 0 fully saturated rings. The molecule has 4 aromatic carbocycles. The SMILES string of the molecule is CCCCNc1ccc(NCCCC)c2c1C(c1c(C)cccc1C(N)CCC)C(OC(=O)c1ccccc1)C(OC(=O)c1ccccc1)[C@H]2C. The first-order valence-corrected chi connectivity index (χ1v) is 18.8. The van der Waals surface area contributed by atoms with Crippen LogP contribution in [0.15, 0.2) is 91.0 Å². The lowest BCUT2D eigenvalue weighted by molar-refractivity contribution is -0.0531. The lowest BCUT2D eigenvalue weighted by atomic mass is 9.67. The number of benzene rings is 4. The Morgan fingerprint density at radius 1 is 0.667 bits per heavy atom. The number of fused-ring (bicyclic) bond motifs is 1. The number of carbonyl (C=O) groups is 2. The number of nitrogens with two attached hydrogens (primary N) is 1. The molecular formula is C44H55N3O4. The summed E-state index contributed by atoms with van der Waals surface area (Å²) in [7, 11) is 0. The van der Waals surface area contributed by atoms with Gasteiger partial charge in [0.05, 0.1) is 17.0 Å². The van der Waals surface area contributed by atoms with Gasteiger partial charge in [-0.1, -0.05) is 102 Å². The van der Waals surface area contributed by atoms with Gasteiger partial charge in [0.1, 0.15) is 6.10 Å². The van der Waals surface area contributed by atoms with Crippen molar-refractivity contribution in [1.82, 2.24) is 0 Å². The van der Waals surface area contributed by atoms with E-state index >= 15 is 0 Å². The molecule has 0 saturated carbocycles. The van der Waals surface area contributed by atoms with Crippen LogP contribution >= 0.6 is 0 Å². The van der Waals surface area contributed by atoms with Gasteiger partial charge in [0.15, 0.2) is 6.10 Å². The molecule has 0 radical (unpaired) electrons. The van der Waals surface area contributed by atoms with Crippen LogP contribution in [0, 0.1) is 6.92 Å². The van der Waals surface area contributed by atoms with Gasteiger partial charge in [0.2, 0.25) is 0 Å². The topological polar surface area (TPSA) is 103 Å². The lowest BCUT2D eigenvalue weighted by Gasteiger charge is -2.45. The first-order chi connectivity index (χ1) is 24.8. The first-order valence-electron chi connectivity index (χ1n) is 18.8. The zero-order valence-electron chi connectivity index (χ0n) is 30.9. The van der Waals surface area contributed by atoms with E-state index in [1.807, 2.05) is 36.4 Å². The Balaban J connectivity index is 1.81. The Morgan fingerprint density at radius 3 is 1.73 bits per heavy atom. The Labute approximate surface area is 304 Å². The van der Waals surface area contributed by atoms with Crippen LogP contribution < -0.4 is 16.4 Å². The van der Waals surface area contributed by atoms with Gasteiger partial charge in [-0.25, -0.2) is 9.59 Å². The Morgan fingerprint density at radius 2 is 1.20 bits per heavy atom. The Kier molecular flexibility index (Phi) is 13.3. The summed E-state index contributed by atoms with van der Waals surface area (Å²) in [4.78, 5) is 28.1. The molecule has 5 atom stereocenters. The monoisotopic (exact) mass is 689 g/mol. The maximum absolute atomic E-state index is 14.1. The maximum Gasteiger partial charge on any atom is 0.338 e. The number of hydrogen-bond donors (Lipinski definition) is 3. The predicted octanol–water partition coefficient (Wildman–Crippen LogP) is 9.92. The molecular weight excluding hydrogens is 635 g/mol. The van der Waals surface area contributed by atoms with E-state index in [2.05, 4.69) is 75.6 Å². The molecule has 1 aliphatic carbocycles. The molecule has 270 valence electrons. The van der Waals surface area contributed by atoms with Crippen LogP contribution in [-0.4, -0.2) is 37.2 Å². The van der Waals surface area contributed by atoms with E-state index < -0.39 is 30.1 Å². The van der Waals surface area contributed by atoms with Crippen LogP contribution in [0.3, 0.4) is 0 Å². The Bertz CT molecular complexity index is 1740. The summed E-state index contributed by atoms with van der Waals surface area (Å²) in [5.74, 6) is -1.74. The summed E-state index contributed by atoms with van der Waals surface area (Å²) in [5.41, 5.74) is 15.0. The van der Waals surface area contributed by atoms with E-state index in [9.17, 15) is 9.59 Å². The average molecular weight is 690 g/mol. The molecule has 7 nitrogen and oxygen atoms in total. The van der Waals surface area contributed by atoms with Crippen LogP contribution in [0.4, 0.5) is 11.4 Å².